The molecule has 2 heteroatoms. The topological polar surface area (TPSA) is 34.1 Å². The van der Waals surface area contributed by atoms with Crippen LogP contribution in [-0.4, -0.2) is 11.6 Å². The molecule has 8 atom stereocenters. The number of carbonyl (C=O) groups is 2. The Morgan fingerprint density at radius 3 is 1.15 bits per heavy atom. The van der Waals surface area contributed by atoms with Gasteiger partial charge in [-0.05, 0) is 34.5 Å². The van der Waals surface area contributed by atoms with Gasteiger partial charge in [-0.25, -0.2) is 0 Å². The van der Waals surface area contributed by atoms with Crippen LogP contribution in [0.3, 0.4) is 0 Å². The third kappa shape index (κ3) is 1.15. The Labute approximate surface area is 121 Å². The van der Waals surface area contributed by atoms with Crippen LogP contribution < -0.4 is 0 Å². The maximum absolute atomic E-state index is 12.8. The molecular formula is C18H26O2. The van der Waals surface area contributed by atoms with E-state index < -0.39 is 0 Å². The molecule has 5 aliphatic carbocycles. The highest BCUT2D eigenvalue weighted by molar-refractivity contribution is 6.05. The lowest BCUT2D eigenvalue weighted by molar-refractivity contribution is -0.145. The summed E-state index contributed by atoms with van der Waals surface area (Å²) < 4.78 is 0. The third-order valence-electron chi connectivity index (χ3n) is 6.96. The molecule has 5 rings (SSSR count). The minimum atomic E-state index is 0.0386. The number of ketones is 2. The van der Waals surface area contributed by atoms with Crippen LogP contribution in [0.2, 0.25) is 0 Å². The number of rotatable bonds is 0. The van der Waals surface area contributed by atoms with Crippen molar-refractivity contribution in [3.05, 3.63) is 0 Å². The van der Waals surface area contributed by atoms with Gasteiger partial charge in [0.05, 0.1) is 0 Å². The molecule has 8 unspecified atom stereocenters. The fraction of sp³-hybridized carbons (Fsp3) is 0.889. The number of hydrogen-bond donors (Lipinski definition) is 0. The van der Waals surface area contributed by atoms with Crippen molar-refractivity contribution in [1.29, 1.82) is 0 Å². The van der Waals surface area contributed by atoms with Crippen LogP contribution in [0.5, 0.6) is 0 Å². The van der Waals surface area contributed by atoms with Crippen molar-refractivity contribution in [2.75, 3.05) is 0 Å². The Hall–Kier alpha value is -0.660. The predicted molar refractivity (Wildman–Crippen MR) is 76.8 cm³/mol. The van der Waals surface area contributed by atoms with Gasteiger partial charge in [0.2, 0.25) is 0 Å². The molecule has 110 valence electrons. The fourth-order valence-electron chi connectivity index (χ4n) is 6.78. The van der Waals surface area contributed by atoms with Crippen molar-refractivity contribution >= 4 is 11.6 Å². The minimum Gasteiger partial charge on any atom is -0.299 e. The first kappa shape index (κ1) is 13.0. The quantitative estimate of drug-likeness (QED) is 0.680. The monoisotopic (exact) mass is 274 g/mol. The van der Waals surface area contributed by atoms with Gasteiger partial charge in [-0.3, -0.25) is 9.59 Å². The molecular weight excluding hydrogens is 248 g/mol. The first-order chi connectivity index (χ1) is 9.07. The molecule has 0 aromatic rings. The van der Waals surface area contributed by atoms with E-state index in [4.69, 9.17) is 0 Å². The predicted octanol–water partition coefficient (Wildman–Crippen LogP) is 3.20. The van der Waals surface area contributed by atoms with Gasteiger partial charge in [-0.15, -0.1) is 0 Å². The average Bonchev–Trinajstić information content (AvgIpc) is 2.45. The molecule has 0 saturated heterocycles. The van der Waals surface area contributed by atoms with E-state index in [0.717, 1.165) is 0 Å². The van der Waals surface area contributed by atoms with E-state index in [2.05, 4.69) is 41.5 Å². The summed E-state index contributed by atoms with van der Waals surface area (Å²) in [6.45, 7) is 13.6. The second kappa shape index (κ2) is 3.23. The molecule has 6 bridgehead atoms. The van der Waals surface area contributed by atoms with Crippen molar-refractivity contribution in [2.45, 2.75) is 41.5 Å². The summed E-state index contributed by atoms with van der Waals surface area (Å²) in [5.41, 5.74) is 0.295. The van der Waals surface area contributed by atoms with E-state index in [-0.39, 0.29) is 34.5 Å². The van der Waals surface area contributed by atoms with Gasteiger partial charge in [0.1, 0.15) is 11.6 Å². The van der Waals surface area contributed by atoms with E-state index in [9.17, 15) is 9.59 Å². The zero-order valence-corrected chi connectivity index (χ0v) is 13.4. The zero-order valence-electron chi connectivity index (χ0n) is 13.4. The maximum atomic E-state index is 12.8. The van der Waals surface area contributed by atoms with Crippen LogP contribution in [-0.2, 0) is 9.59 Å². The summed E-state index contributed by atoms with van der Waals surface area (Å²) >= 11 is 0. The summed E-state index contributed by atoms with van der Waals surface area (Å²) in [4.78, 5) is 25.6. The van der Waals surface area contributed by atoms with Gasteiger partial charge in [-0.2, -0.15) is 0 Å². The van der Waals surface area contributed by atoms with Crippen molar-refractivity contribution in [2.24, 2.45) is 58.2 Å². The van der Waals surface area contributed by atoms with E-state index >= 15 is 0 Å². The molecule has 2 nitrogen and oxygen atoms in total. The zero-order chi connectivity index (χ0) is 14.8. The van der Waals surface area contributed by atoms with E-state index in [1.165, 1.54) is 0 Å². The Morgan fingerprint density at radius 2 is 0.900 bits per heavy atom. The van der Waals surface area contributed by atoms with Gasteiger partial charge >= 0.3 is 0 Å². The first-order valence-electron chi connectivity index (χ1n) is 8.14. The highest BCUT2D eigenvalue weighted by atomic mass is 16.1. The average molecular weight is 274 g/mol. The van der Waals surface area contributed by atoms with Gasteiger partial charge in [0.25, 0.3) is 0 Å². The second-order valence-corrected chi connectivity index (χ2v) is 9.85. The summed E-state index contributed by atoms with van der Waals surface area (Å²) in [6, 6.07) is 0. The van der Waals surface area contributed by atoms with Gasteiger partial charge in [-0.1, -0.05) is 41.5 Å². The van der Waals surface area contributed by atoms with Crippen molar-refractivity contribution in [3.63, 3.8) is 0 Å². The molecule has 0 amide bonds. The van der Waals surface area contributed by atoms with E-state index in [0.29, 0.717) is 35.2 Å². The lowest BCUT2D eigenvalue weighted by atomic mass is 9.48. The fourth-order valence-corrected chi connectivity index (χ4v) is 6.78. The lowest BCUT2D eigenvalue weighted by Gasteiger charge is -2.55. The molecule has 0 aliphatic heterocycles. The standard InChI is InChI=1S/C18H26O2/c1-17(2,3)13-7-8-10-9(7)15(19)11(13)12(16(10)20)14(8)18(4,5)6/h7-14H,1-6H3. The summed E-state index contributed by atoms with van der Waals surface area (Å²) in [6.07, 6.45) is 0. The van der Waals surface area contributed by atoms with Crippen LogP contribution >= 0.6 is 0 Å². The molecule has 5 aliphatic rings. The first-order valence-corrected chi connectivity index (χ1v) is 8.14. The molecule has 0 radical (unpaired) electrons. The molecule has 0 spiro atoms. The summed E-state index contributed by atoms with van der Waals surface area (Å²) in [5, 5.41) is 0. The summed E-state index contributed by atoms with van der Waals surface area (Å²) in [7, 11) is 0. The normalized spacial score (nSPS) is 52.7. The second-order valence-electron chi connectivity index (χ2n) is 9.85. The van der Waals surface area contributed by atoms with Crippen LogP contribution in [0.1, 0.15) is 41.5 Å². The van der Waals surface area contributed by atoms with Crippen LogP contribution in [0.4, 0.5) is 0 Å². The largest absolute Gasteiger partial charge is 0.299 e. The molecule has 5 fully saturated rings. The van der Waals surface area contributed by atoms with Crippen molar-refractivity contribution in [3.8, 4) is 0 Å². The Balaban J connectivity index is 1.87. The Kier molecular flexibility index (Phi) is 2.10. The molecule has 0 aromatic carbocycles. The molecule has 0 heterocycles. The van der Waals surface area contributed by atoms with Gasteiger partial charge in [0, 0.05) is 23.7 Å². The van der Waals surface area contributed by atoms with Crippen molar-refractivity contribution in [1.82, 2.24) is 0 Å². The molecule has 0 aromatic heterocycles. The molecule has 20 heavy (non-hydrogen) atoms. The third-order valence-corrected chi connectivity index (χ3v) is 6.96. The van der Waals surface area contributed by atoms with Gasteiger partial charge in [0.15, 0.2) is 0 Å². The number of carbonyl (C=O) groups excluding carboxylic acids is 2. The van der Waals surface area contributed by atoms with Crippen LogP contribution in [0, 0.1) is 58.2 Å². The highest BCUT2D eigenvalue weighted by Gasteiger charge is 2.81. The SMILES string of the molecule is CC(C)(C)C1C2C(=O)C3C4C(=O)C2C(C(C)(C)C)C4C31. The minimum absolute atomic E-state index is 0.0386. The Morgan fingerprint density at radius 1 is 0.600 bits per heavy atom. The summed E-state index contributed by atoms with van der Waals surface area (Å²) in [5.74, 6) is 3.07. The maximum Gasteiger partial charge on any atom is 0.141 e. The van der Waals surface area contributed by atoms with E-state index in [1.807, 2.05) is 0 Å². The molecule has 5 saturated carbocycles. The van der Waals surface area contributed by atoms with E-state index in [1.54, 1.807) is 0 Å². The highest BCUT2D eigenvalue weighted by Crippen LogP contribution is 2.77. The smallest absolute Gasteiger partial charge is 0.141 e. The van der Waals surface area contributed by atoms with Crippen molar-refractivity contribution < 1.29 is 9.59 Å². The molecule has 0 N–H and O–H groups in total. The number of Topliss-reactive ketones (excluding diaryl/α,β-unsaturated/α-hetero) is 2. The van der Waals surface area contributed by atoms with Crippen LogP contribution in [0.15, 0.2) is 0 Å². The van der Waals surface area contributed by atoms with Crippen LogP contribution in [0.25, 0.3) is 0 Å². The number of hydrogen-bond acceptors (Lipinski definition) is 2. The van der Waals surface area contributed by atoms with Gasteiger partial charge < -0.3 is 0 Å². The lowest BCUT2D eigenvalue weighted by Crippen LogP contribution is -2.53. The Bertz CT molecular complexity index is 471.